The first-order valence-corrected chi connectivity index (χ1v) is 12.8. The molecular formula is C19H26N2O7S2. The van der Waals surface area contributed by atoms with Crippen LogP contribution in [0.3, 0.4) is 0 Å². The maximum Gasteiger partial charge on any atom is 0.310 e. The summed E-state index contributed by atoms with van der Waals surface area (Å²) in [4.78, 5) is 24.5. The molecule has 2 saturated heterocycles. The summed E-state index contributed by atoms with van der Waals surface area (Å²) in [5, 5.41) is 0. The van der Waals surface area contributed by atoms with Crippen LogP contribution in [0.25, 0.3) is 0 Å². The van der Waals surface area contributed by atoms with Crippen molar-refractivity contribution in [1.29, 1.82) is 0 Å². The highest BCUT2D eigenvalue weighted by atomic mass is 32.2. The van der Waals surface area contributed by atoms with Crippen LogP contribution in [-0.2, 0) is 34.4 Å². The number of nitrogens with zero attached hydrogens (tertiary/aromatic N) is 2. The Hall–Kier alpha value is -1.98. The average molecular weight is 459 g/mol. The molecule has 1 atom stereocenters. The Labute approximate surface area is 177 Å². The first kappa shape index (κ1) is 22.7. The summed E-state index contributed by atoms with van der Waals surface area (Å²) in [7, 11) is -7.69. The molecule has 11 heteroatoms. The normalized spacial score (nSPS) is 24.0. The van der Waals surface area contributed by atoms with E-state index in [9.17, 15) is 26.4 Å². The zero-order valence-electron chi connectivity index (χ0n) is 17.2. The number of amides is 1. The van der Waals surface area contributed by atoms with Gasteiger partial charge in [-0.2, -0.15) is 4.31 Å². The van der Waals surface area contributed by atoms with Crippen molar-refractivity contribution in [2.75, 3.05) is 29.8 Å². The van der Waals surface area contributed by atoms with Crippen LogP contribution < -0.4 is 4.31 Å². The Kier molecular flexibility index (Phi) is 6.00. The molecule has 30 heavy (non-hydrogen) atoms. The van der Waals surface area contributed by atoms with Gasteiger partial charge in [0, 0.05) is 13.1 Å². The number of carbonyl (C=O) groups excluding carboxylic acids is 2. The van der Waals surface area contributed by atoms with Crippen molar-refractivity contribution >= 4 is 37.6 Å². The second-order valence-electron chi connectivity index (χ2n) is 8.16. The Morgan fingerprint density at radius 1 is 1.23 bits per heavy atom. The van der Waals surface area contributed by atoms with Crippen LogP contribution in [0.4, 0.5) is 5.69 Å². The Morgan fingerprint density at radius 3 is 2.40 bits per heavy atom. The minimum absolute atomic E-state index is 0.0286. The smallest absolute Gasteiger partial charge is 0.310 e. The van der Waals surface area contributed by atoms with Crippen molar-refractivity contribution in [2.45, 2.75) is 38.5 Å². The highest BCUT2D eigenvalue weighted by Crippen LogP contribution is 2.36. The number of piperidine rings is 1. The van der Waals surface area contributed by atoms with Crippen LogP contribution in [0.2, 0.25) is 0 Å². The monoisotopic (exact) mass is 458 g/mol. The lowest BCUT2D eigenvalue weighted by molar-refractivity contribution is -0.149. The van der Waals surface area contributed by atoms with Gasteiger partial charge < -0.3 is 4.74 Å². The number of anilines is 1. The zero-order chi connectivity index (χ0) is 22.3. The van der Waals surface area contributed by atoms with E-state index in [0.717, 1.165) is 4.31 Å². The van der Waals surface area contributed by atoms with Crippen molar-refractivity contribution in [2.24, 2.45) is 11.3 Å². The fourth-order valence-electron chi connectivity index (χ4n) is 3.78. The number of benzene rings is 1. The van der Waals surface area contributed by atoms with Crippen LogP contribution >= 0.6 is 0 Å². The number of ether oxygens (including phenoxy) is 1. The van der Waals surface area contributed by atoms with E-state index in [1.165, 1.54) is 28.6 Å². The minimum atomic E-state index is -3.88. The standard InChI is InChI=1S/C19H26N2O7S2/c1-4-28-17(22)14-6-5-11-20(12-14)30(26,27)16-9-7-15(8-10-16)21-18(23)19(2,3)13-29(21,24)25/h7-10,14H,4-6,11-13H2,1-3H3. The summed E-state index contributed by atoms with van der Waals surface area (Å²) < 4.78 is 57.8. The van der Waals surface area contributed by atoms with Gasteiger partial charge in [-0.3, -0.25) is 9.59 Å². The van der Waals surface area contributed by atoms with Crippen LogP contribution in [0.5, 0.6) is 0 Å². The van der Waals surface area contributed by atoms with Gasteiger partial charge in [0.15, 0.2) is 0 Å². The SMILES string of the molecule is CCOC(=O)C1CCCN(S(=O)(=O)c2ccc(N3C(=O)C(C)(C)CS3(=O)=O)cc2)C1. The van der Waals surface area contributed by atoms with E-state index < -0.39 is 43.3 Å². The Morgan fingerprint density at radius 2 is 1.87 bits per heavy atom. The first-order chi connectivity index (χ1) is 13.9. The molecular weight excluding hydrogens is 432 g/mol. The van der Waals surface area contributed by atoms with Crippen LogP contribution in [0.1, 0.15) is 33.6 Å². The van der Waals surface area contributed by atoms with Gasteiger partial charge in [0.1, 0.15) is 0 Å². The predicted molar refractivity (Wildman–Crippen MR) is 110 cm³/mol. The molecule has 2 fully saturated rings. The second-order valence-corrected chi connectivity index (χ2v) is 11.9. The number of rotatable bonds is 5. The quantitative estimate of drug-likeness (QED) is 0.611. The van der Waals surface area contributed by atoms with E-state index in [4.69, 9.17) is 4.74 Å². The molecule has 0 saturated carbocycles. The number of hydrogen-bond acceptors (Lipinski definition) is 7. The van der Waals surface area contributed by atoms with Gasteiger partial charge in [-0.15, -0.1) is 0 Å². The molecule has 3 rings (SSSR count). The lowest BCUT2D eigenvalue weighted by Crippen LogP contribution is -2.42. The van der Waals surface area contributed by atoms with Gasteiger partial charge in [-0.1, -0.05) is 0 Å². The van der Waals surface area contributed by atoms with E-state index >= 15 is 0 Å². The third-order valence-corrected chi connectivity index (χ3v) is 9.20. The van der Waals surface area contributed by atoms with Gasteiger partial charge in [0.05, 0.1) is 34.3 Å². The number of hydrogen-bond donors (Lipinski definition) is 0. The topological polar surface area (TPSA) is 118 Å². The molecule has 2 aliphatic rings. The summed E-state index contributed by atoms with van der Waals surface area (Å²) in [6.45, 7) is 5.37. The van der Waals surface area contributed by atoms with E-state index in [2.05, 4.69) is 0 Å². The summed E-state index contributed by atoms with van der Waals surface area (Å²) >= 11 is 0. The molecule has 0 spiro atoms. The summed E-state index contributed by atoms with van der Waals surface area (Å²) in [5.41, 5.74) is -0.938. The summed E-state index contributed by atoms with van der Waals surface area (Å²) in [6, 6.07) is 5.20. The predicted octanol–water partition coefficient (Wildman–Crippen LogP) is 1.35. The van der Waals surface area contributed by atoms with Crippen LogP contribution in [0, 0.1) is 11.3 Å². The highest BCUT2D eigenvalue weighted by Gasteiger charge is 2.50. The lowest BCUT2D eigenvalue weighted by atomic mass is 9.95. The minimum Gasteiger partial charge on any atom is -0.466 e. The van der Waals surface area contributed by atoms with Crippen molar-refractivity contribution in [1.82, 2.24) is 4.31 Å². The fourth-order valence-corrected chi connectivity index (χ4v) is 7.41. The molecule has 0 aromatic heterocycles. The van der Waals surface area contributed by atoms with E-state index in [-0.39, 0.29) is 36.0 Å². The zero-order valence-corrected chi connectivity index (χ0v) is 18.8. The third kappa shape index (κ3) is 4.10. The van der Waals surface area contributed by atoms with Gasteiger partial charge in [-0.05, 0) is 57.9 Å². The number of sulfonamides is 2. The average Bonchev–Trinajstić information content (AvgIpc) is 2.84. The van der Waals surface area contributed by atoms with Crippen LogP contribution in [0.15, 0.2) is 29.2 Å². The molecule has 1 aromatic rings. The van der Waals surface area contributed by atoms with Crippen molar-refractivity contribution in [3.05, 3.63) is 24.3 Å². The highest BCUT2D eigenvalue weighted by molar-refractivity contribution is 7.94. The van der Waals surface area contributed by atoms with Crippen molar-refractivity contribution in [3.63, 3.8) is 0 Å². The summed E-state index contributed by atoms with van der Waals surface area (Å²) in [6.07, 6.45) is 1.10. The molecule has 0 radical (unpaired) electrons. The molecule has 1 amide bonds. The van der Waals surface area contributed by atoms with Gasteiger partial charge in [-0.25, -0.2) is 21.1 Å². The molecule has 0 bridgehead atoms. The fraction of sp³-hybridized carbons (Fsp3) is 0.579. The van der Waals surface area contributed by atoms with Crippen molar-refractivity contribution < 1.29 is 31.2 Å². The molecule has 9 nitrogen and oxygen atoms in total. The van der Waals surface area contributed by atoms with Gasteiger partial charge in [0.25, 0.3) is 0 Å². The van der Waals surface area contributed by atoms with E-state index in [0.29, 0.717) is 12.8 Å². The van der Waals surface area contributed by atoms with Gasteiger partial charge >= 0.3 is 5.97 Å². The second kappa shape index (κ2) is 7.93. The summed E-state index contributed by atoms with van der Waals surface area (Å²) in [5.74, 6) is -1.77. The molecule has 0 N–H and O–H groups in total. The van der Waals surface area contributed by atoms with Crippen molar-refractivity contribution in [3.8, 4) is 0 Å². The molecule has 0 aliphatic carbocycles. The first-order valence-electron chi connectivity index (χ1n) is 9.74. The maximum atomic E-state index is 13.0. The van der Waals surface area contributed by atoms with Gasteiger partial charge in [0.2, 0.25) is 26.0 Å². The largest absolute Gasteiger partial charge is 0.466 e. The molecule has 2 aliphatic heterocycles. The third-order valence-electron chi connectivity index (χ3n) is 5.30. The molecule has 1 aromatic carbocycles. The van der Waals surface area contributed by atoms with Crippen LogP contribution in [-0.4, -0.2) is 58.5 Å². The molecule has 2 heterocycles. The Balaban J connectivity index is 1.83. The number of carbonyl (C=O) groups is 2. The molecule has 1 unspecified atom stereocenters. The lowest BCUT2D eigenvalue weighted by Gasteiger charge is -2.30. The van der Waals surface area contributed by atoms with E-state index in [1.807, 2.05) is 0 Å². The Bertz CT molecular complexity index is 1050. The molecule has 166 valence electrons. The van der Waals surface area contributed by atoms with E-state index in [1.54, 1.807) is 20.8 Å². The number of esters is 1. The maximum absolute atomic E-state index is 13.0.